The molecule has 2 N–H and O–H groups in total. The maximum Gasteiger partial charge on any atom is 0.373 e. The number of ether oxygens (including phenoxy) is 4. The summed E-state index contributed by atoms with van der Waals surface area (Å²) in [5, 5.41) is 3.60. The predicted octanol–water partition coefficient (Wildman–Crippen LogP) is 6.21. The number of allylic oxidation sites excluding steroid dienone is 1. The summed E-state index contributed by atoms with van der Waals surface area (Å²) in [6.45, 7) is 5.62. The van der Waals surface area contributed by atoms with Crippen molar-refractivity contribution in [1.82, 2.24) is 4.98 Å². The van der Waals surface area contributed by atoms with Crippen LogP contribution >= 0.6 is 0 Å². The lowest BCUT2D eigenvalue weighted by molar-refractivity contribution is -0.191. The highest BCUT2D eigenvalue weighted by Crippen LogP contribution is 2.23. The Labute approximate surface area is 251 Å². The molecule has 3 rings (SSSR count). The second kappa shape index (κ2) is 27.5. The van der Waals surface area contributed by atoms with Crippen molar-refractivity contribution in [2.75, 3.05) is 33.8 Å². The van der Waals surface area contributed by atoms with Gasteiger partial charge in [-0.3, -0.25) is 9.50 Å². The molecule has 0 unspecified atom stereocenters. The molecule has 0 aliphatic heterocycles. The van der Waals surface area contributed by atoms with Gasteiger partial charge in [-0.25, -0.2) is 9.59 Å². The third-order valence-corrected chi connectivity index (χ3v) is 5.04. The molecule has 0 bridgehead atoms. The summed E-state index contributed by atoms with van der Waals surface area (Å²) < 4.78 is 67.5. The fraction of sp³-hybridized carbons (Fsp3) is 0.259. The van der Waals surface area contributed by atoms with Crippen LogP contribution in [-0.2, 0) is 23.9 Å². The number of nitrogens with one attached hydrogen (secondary N) is 2. The zero-order valence-corrected chi connectivity index (χ0v) is 24.9. The highest BCUT2D eigenvalue weighted by atomic mass is 20.0. The number of esters is 2. The van der Waals surface area contributed by atoms with Crippen molar-refractivity contribution >= 4 is 34.7 Å². The van der Waals surface area contributed by atoms with Gasteiger partial charge in [-0.15, -0.1) is 0 Å². The lowest BCUT2D eigenvalue weighted by Crippen LogP contribution is -2.11. The molecule has 0 radical (unpaired) electrons. The van der Waals surface area contributed by atoms with Gasteiger partial charge in [-0.1, -0.05) is 6.07 Å². The number of hydrogen-bond acceptors (Lipinski definition) is 10. The number of fused-ring (bicyclic) bond motifs is 1. The monoisotopic (exact) mass is 660 g/mol. The van der Waals surface area contributed by atoms with Crippen molar-refractivity contribution in [3.05, 3.63) is 75.2 Å². The molecule has 0 aliphatic rings. The number of carbonyl (C=O) groups excluding carboxylic acids is 4. The predicted molar refractivity (Wildman–Crippen MR) is 148 cm³/mol. The summed E-state index contributed by atoms with van der Waals surface area (Å²) in [6.07, 6.45) is 1.65. The number of hydrogen-bond donors (Lipinski definition) is 2. The van der Waals surface area contributed by atoms with Crippen LogP contribution in [0.5, 0.6) is 11.5 Å². The number of aromatic nitrogens is 1. The summed E-state index contributed by atoms with van der Waals surface area (Å²) in [4.78, 5) is 53.5. The van der Waals surface area contributed by atoms with Crippen LogP contribution in [0.25, 0.3) is 10.9 Å². The van der Waals surface area contributed by atoms with E-state index in [9.17, 15) is 14.4 Å². The van der Waals surface area contributed by atoms with Crippen molar-refractivity contribution in [3.8, 4) is 11.5 Å². The largest absolute Gasteiger partial charge is 0.496 e. The van der Waals surface area contributed by atoms with Crippen LogP contribution < -0.4 is 20.2 Å². The number of rotatable bonds is 6. The number of carbonyl (C=O) groups is 2. The lowest BCUT2D eigenvalue weighted by atomic mass is 10.1. The molecule has 0 aliphatic carbocycles. The van der Waals surface area contributed by atoms with E-state index < -0.39 is 5.97 Å². The molecular formula is C27H31F7N2O9. The molecule has 0 fully saturated rings. The Balaban J connectivity index is -0.000000293. The Hall–Kier alpha value is -5.38. The Kier molecular flexibility index (Phi) is 28.4. The number of anilines is 1. The Morgan fingerprint density at radius 1 is 0.822 bits per heavy atom. The third kappa shape index (κ3) is 16.7. The molecule has 0 saturated heterocycles. The minimum Gasteiger partial charge on any atom is -0.496 e. The third-order valence-electron chi connectivity index (χ3n) is 5.04. The van der Waals surface area contributed by atoms with Crippen molar-refractivity contribution < 1.29 is 70.3 Å². The fourth-order valence-corrected chi connectivity index (χ4v) is 3.22. The number of benzene rings is 2. The molecule has 0 amide bonds. The Bertz CT molecular complexity index is 1430. The first kappa shape index (κ1) is 46.6. The van der Waals surface area contributed by atoms with Crippen LogP contribution in [0.15, 0.2) is 53.0 Å². The minimum absolute atomic E-state index is 0. The van der Waals surface area contributed by atoms with Gasteiger partial charge in [0.2, 0.25) is 0 Å². The van der Waals surface area contributed by atoms with E-state index in [-0.39, 0.29) is 27.9 Å². The van der Waals surface area contributed by atoms with Crippen molar-refractivity contribution in [2.24, 2.45) is 0 Å². The molecular weight excluding hydrogens is 629 g/mol. The van der Waals surface area contributed by atoms with Crippen molar-refractivity contribution in [3.63, 3.8) is 0 Å². The zero-order valence-electron chi connectivity index (χ0n) is 24.9. The van der Waals surface area contributed by atoms with Crippen molar-refractivity contribution in [2.45, 2.75) is 20.8 Å². The van der Waals surface area contributed by atoms with Gasteiger partial charge in [-0.05, 0) is 44.0 Å². The second-order valence-electron chi connectivity index (χ2n) is 7.65. The molecule has 252 valence electrons. The fourth-order valence-electron chi connectivity index (χ4n) is 3.22. The Morgan fingerprint density at radius 2 is 1.33 bits per heavy atom. The van der Waals surface area contributed by atoms with E-state index >= 15 is 0 Å². The van der Waals surface area contributed by atoms with Gasteiger partial charge < -0.3 is 29.2 Å². The van der Waals surface area contributed by atoms with Crippen LogP contribution in [0.4, 0.5) is 37.8 Å². The first-order chi connectivity index (χ1) is 21.0. The number of aryl methyl sites for hydroxylation is 2. The number of methoxy groups -OCH3 is 4. The summed E-state index contributed by atoms with van der Waals surface area (Å²) in [5.74, 6) is 0.503. The van der Waals surface area contributed by atoms with E-state index in [2.05, 4.69) is 19.8 Å². The van der Waals surface area contributed by atoms with Gasteiger partial charge in [0, 0.05) is 68.5 Å². The second-order valence-corrected chi connectivity index (χ2v) is 7.65. The quantitative estimate of drug-likeness (QED) is 0.177. The van der Waals surface area contributed by atoms with Gasteiger partial charge >= 0.3 is 18.1 Å². The number of halogens is 7. The average Bonchev–Trinajstić information content (AvgIpc) is 3.05. The topological polar surface area (TPSA) is 150 Å². The maximum absolute atomic E-state index is 11.9. The molecule has 0 spiro atoms. The van der Waals surface area contributed by atoms with E-state index in [1.807, 2.05) is 32.0 Å². The molecule has 1 heterocycles. The van der Waals surface area contributed by atoms with Crippen LogP contribution in [0, 0.1) is 13.8 Å². The standard InChI is InChI=1S/C13H13NO4.C13H17NO3.CO2.3F2.FH/c1-7-4-8-9(6-12(7)17-2)14-10(5-11(8)15)13(16)18-3;1-9-5-6-11(8-12(9)16-3)14-10(2)7-13(15)17-4;2-1-3;3*1-2;/h4-6H,1-3H3,(H,14,15);5-8,14H,1-4H3;;;;;1H/b;10-7+;;;;;. The van der Waals surface area contributed by atoms with Crippen LogP contribution in [0.3, 0.4) is 0 Å². The molecule has 45 heavy (non-hydrogen) atoms. The number of H-pyrrole nitrogens is 1. The molecule has 1 aromatic heterocycles. The summed E-state index contributed by atoms with van der Waals surface area (Å²) in [7, 11) is 5.79. The van der Waals surface area contributed by atoms with Gasteiger partial charge in [0.25, 0.3) is 0 Å². The minimum atomic E-state index is -0.575. The first-order valence-corrected chi connectivity index (χ1v) is 11.4. The number of aromatic amines is 1. The average molecular weight is 661 g/mol. The molecule has 18 heteroatoms. The van der Waals surface area contributed by atoms with Gasteiger partial charge in [-0.2, -0.15) is 9.59 Å². The molecule has 11 nitrogen and oxygen atoms in total. The van der Waals surface area contributed by atoms with Crippen LogP contribution in [0.1, 0.15) is 28.5 Å². The highest BCUT2D eigenvalue weighted by molar-refractivity contribution is 5.91. The number of pyridine rings is 1. The maximum atomic E-state index is 11.9. The van der Waals surface area contributed by atoms with E-state index in [1.165, 1.54) is 26.4 Å². The highest BCUT2D eigenvalue weighted by Gasteiger charge is 2.11. The van der Waals surface area contributed by atoms with Gasteiger partial charge in [0.15, 0.2) is 5.43 Å². The summed E-state index contributed by atoms with van der Waals surface area (Å²) >= 11 is 0. The SMILES string of the molecule is COC(=O)/C=C(\C)Nc1ccc(C)c(OC)c1.COC(=O)c1cc(=O)c2cc(C)c(OC)cc2[nH]1.F.FF.FF.FF.O=C=O. The van der Waals surface area contributed by atoms with E-state index in [1.54, 1.807) is 33.3 Å². The first-order valence-electron chi connectivity index (χ1n) is 11.4. The molecule has 0 atom stereocenters. The van der Waals surface area contributed by atoms with E-state index in [4.69, 9.17) is 46.5 Å². The van der Waals surface area contributed by atoms with Crippen LogP contribution in [-0.4, -0.2) is 51.5 Å². The van der Waals surface area contributed by atoms with Gasteiger partial charge in [0.05, 0.1) is 34.0 Å². The molecule has 0 saturated carbocycles. The molecule has 3 aromatic rings. The van der Waals surface area contributed by atoms with E-state index in [0.29, 0.717) is 22.3 Å². The van der Waals surface area contributed by atoms with Gasteiger partial charge in [0.1, 0.15) is 17.2 Å². The van der Waals surface area contributed by atoms with Crippen molar-refractivity contribution in [1.29, 1.82) is 0 Å². The van der Waals surface area contributed by atoms with Crippen LogP contribution in [0.2, 0.25) is 0 Å². The molecule has 2 aromatic carbocycles. The lowest BCUT2D eigenvalue weighted by Gasteiger charge is -2.10. The summed E-state index contributed by atoms with van der Waals surface area (Å²) in [5.41, 5.74) is 3.95. The normalized spacial score (nSPS) is 8.87. The summed E-state index contributed by atoms with van der Waals surface area (Å²) in [6, 6.07) is 10.4. The zero-order chi connectivity index (χ0) is 34.8. The Morgan fingerprint density at radius 3 is 1.80 bits per heavy atom. The van der Waals surface area contributed by atoms with E-state index in [0.717, 1.165) is 22.6 Å². The smallest absolute Gasteiger partial charge is 0.373 e.